The van der Waals surface area contributed by atoms with Gasteiger partial charge in [-0.1, -0.05) is 18.2 Å². The van der Waals surface area contributed by atoms with Crippen molar-refractivity contribution in [1.82, 2.24) is 4.98 Å². The summed E-state index contributed by atoms with van der Waals surface area (Å²) in [4.78, 5) is 16.6. The van der Waals surface area contributed by atoms with E-state index < -0.39 is 0 Å². The Kier molecular flexibility index (Phi) is 3.65. The predicted octanol–water partition coefficient (Wildman–Crippen LogP) is 2.69. The van der Waals surface area contributed by atoms with Gasteiger partial charge in [0.2, 0.25) is 5.91 Å². The van der Waals surface area contributed by atoms with E-state index >= 15 is 0 Å². The maximum atomic E-state index is 12.2. The van der Waals surface area contributed by atoms with Gasteiger partial charge in [0.15, 0.2) is 0 Å². The third-order valence-corrected chi connectivity index (χ3v) is 4.00. The molecule has 1 aromatic heterocycles. The van der Waals surface area contributed by atoms with Crippen LogP contribution in [0.3, 0.4) is 0 Å². The molecule has 0 spiro atoms. The lowest BCUT2D eigenvalue weighted by molar-refractivity contribution is -0.120. The molecule has 0 aliphatic heterocycles. The van der Waals surface area contributed by atoms with Crippen molar-refractivity contribution in [2.75, 3.05) is 5.32 Å². The largest absolute Gasteiger partial charge is 0.328 e. The summed E-state index contributed by atoms with van der Waals surface area (Å²) in [5.74, 6) is 0.176. The highest BCUT2D eigenvalue weighted by atomic mass is 16.1. The van der Waals surface area contributed by atoms with Gasteiger partial charge in [0.05, 0.1) is 17.4 Å². The zero-order chi connectivity index (χ0) is 13.9. The third-order valence-electron chi connectivity index (χ3n) is 4.00. The summed E-state index contributed by atoms with van der Waals surface area (Å²) in [5, 5.41) is 4.01. The van der Waals surface area contributed by atoms with E-state index in [9.17, 15) is 4.79 Å². The predicted molar refractivity (Wildman–Crippen MR) is 80.3 cm³/mol. The van der Waals surface area contributed by atoms with Crippen LogP contribution in [0.25, 0.3) is 10.9 Å². The van der Waals surface area contributed by atoms with Gasteiger partial charge in [-0.3, -0.25) is 9.78 Å². The first-order valence-electron chi connectivity index (χ1n) is 7.13. The SMILES string of the molecule is NC1CCC(C(=O)Nc2cnc3ccccc3c2)CC1. The fourth-order valence-electron chi connectivity index (χ4n) is 2.77. The number of para-hydroxylation sites is 1. The number of carbonyl (C=O) groups excluding carboxylic acids is 1. The van der Waals surface area contributed by atoms with E-state index in [0.29, 0.717) is 0 Å². The van der Waals surface area contributed by atoms with Gasteiger partial charge in [0.1, 0.15) is 0 Å². The van der Waals surface area contributed by atoms with Crippen molar-refractivity contribution in [2.45, 2.75) is 31.7 Å². The van der Waals surface area contributed by atoms with Crippen molar-refractivity contribution in [3.05, 3.63) is 36.5 Å². The average Bonchev–Trinajstić information content (AvgIpc) is 2.48. The summed E-state index contributed by atoms with van der Waals surface area (Å²) < 4.78 is 0. The van der Waals surface area contributed by atoms with Gasteiger partial charge in [0, 0.05) is 17.3 Å². The van der Waals surface area contributed by atoms with Crippen LogP contribution in [0.1, 0.15) is 25.7 Å². The quantitative estimate of drug-likeness (QED) is 0.880. The summed E-state index contributed by atoms with van der Waals surface area (Å²) in [6.45, 7) is 0. The van der Waals surface area contributed by atoms with Crippen LogP contribution in [0.5, 0.6) is 0 Å². The Hall–Kier alpha value is -1.94. The molecule has 1 saturated carbocycles. The summed E-state index contributed by atoms with van der Waals surface area (Å²) in [7, 11) is 0. The van der Waals surface area contributed by atoms with E-state index in [1.54, 1.807) is 6.20 Å². The molecule has 4 nitrogen and oxygen atoms in total. The molecular weight excluding hydrogens is 250 g/mol. The molecule has 104 valence electrons. The highest BCUT2D eigenvalue weighted by molar-refractivity contribution is 5.94. The number of rotatable bonds is 2. The molecule has 3 N–H and O–H groups in total. The van der Waals surface area contributed by atoms with Crippen molar-refractivity contribution >= 4 is 22.5 Å². The molecule has 1 aliphatic carbocycles. The van der Waals surface area contributed by atoms with Crippen LogP contribution in [0.2, 0.25) is 0 Å². The second kappa shape index (κ2) is 5.59. The van der Waals surface area contributed by atoms with Crippen molar-refractivity contribution < 1.29 is 4.79 Å². The van der Waals surface area contributed by atoms with Crippen LogP contribution < -0.4 is 11.1 Å². The number of amides is 1. The lowest BCUT2D eigenvalue weighted by Gasteiger charge is -2.25. The topological polar surface area (TPSA) is 68.0 Å². The molecule has 1 amide bonds. The lowest BCUT2D eigenvalue weighted by atomic mass is 9.86. The number of nitrogens with two attached hydrogens (primary N) is 1. The fraction of sp³-hybridized carbons (Fsp3) is 0.375. The molecule has 0 atom stereocenters. The van der Waals surface area contributed by atoms with Gasteiger partial charge < -0.3 is 11.1 Å². The summed E-state index contributed by atoms with van der Waals surface area (Å²) >= 11 is 0. The Labute approximate surface area is 118 Å². The number of hydrogen-bond acceptors (Lipinski definition) is 3. The number of anilines is 1. The second-order valence-corrected chi connectivity index (χ2v) is 5.52. The van der Waals surface area contributed by atoms with E-state index in [0.717, 1.165) is 42.3 Å². The molecule has 3 rings (SSSR count). The maximum Gasteiger partial charge on any atom is 0.227 e. The van der Waals surface area contributed by atoms with Gasteiger partial charge in [-0.05, 0) is 37.8 Å². The van der Waals surface area contributed by atoms with Gasteiger partial charge >= 0.3 is 0 Å². The number of pyridine rings is 1. The number of aromatic nitrogens is 1. The molecule has 4 heteroatoms. The number of nitrogens with one attached hydrogen (secondary N) is 1. The second-order valence-electron chi connectivity index (χ2n) is 5.52. The Morgan fingerprint density at radius 2 is 1.95 bits per heavy atom. The van der Waals surface area contributed by atoms with E-state index in [-0.39, 0.29) is 17.9 Å². The number of nitrogens with zero attached hydrogens (tertiary/aromatic N) is 1. The first kappa shape index (κ1) is 13.1. The Morgan fingerprint density at radius 3 is 2.75 bits per heavy atom. The Balaban J connectivity index is 1.71. The maximum absolute atomic E-state index is 12.2. The smallest absolute Gasteiger partial charge is 0.227 e. The van der Waals surface area contributed by atoms with Crippen LogP contribution in [0.15, 0.2) is 36.5 Å². The van der Waals surface area contributed by atoms with Crippen LogP contribution in [0, 0.1) is 5.92 Å². The first-order valence-corrected chi connectivity index (χ1v) is 7.13. The molecule has 2 aromatic rings. The van der Waals surface area contributed by atoms with E-state index in [2.05, 4.69) is 10.3 Å². The number of carbonyl (C=O) groups is 1. The Bertz CT molecular complexity index is 618. The molecule has 1 heterocycles. The fourth-order valence-corrected chi connectivity index (χ4v) is 2.77. The highest BCUT2D eigenvalue weighted by Crippen LogP contribution is 2.25. The lowest BCUT2D eigenvalue weighted by Crippen LogP contribution is -2.32. The minimum Gasteiger partial charge on any atom is -0.328 e. The van der Waals surface area contributed by atoms with Gasteiger partial charge in [-0.2, -0.15) is 0 Å². The molecule has 0 radical (unpaired) electrons. The van der Waals surface area contributed by atoms with E-state index in [1.165, 1.54) is 0 Å². The van der Waals surface area contributed by atoms with Crippen molar-refractivity contribution in [1.29, 1.82) is 0 Å². The first-order chi connectivity index (χ1) is 9.72. The average molecular weight is 269 g/mol. The normalized spacial score (nSPS) is 22.6. The van der Waals surface area contributed by atoms with Crippen LogP contribution in [-0.4, -0.2) is 16.9 Å². The van der Waals surface area contributed by atoms with Gasteiger partial charge in [-0.25, -0.2) is 0 Å². The molecule has 0 bridgehead atoms. The molecule has 1 aliphatic rings. The Morgan fingerprint density at radius 1 is 1.20 bits per heavy atom. The molecule has 20 heavy (non-hydrogen) atoms. The van der Waals surface area contributed by atoms with Crippen LogP contribution in [0.4, 0.5) is 5.69 Å². The minimum absolute atomic E-state index is 0.0845. The minimum atomic E-state index is 0.0845. The molecule has 1 fully saturated rings. The number of benzene rings is 1. The summed E-state index contributed by atoms with van der Waals surface area (Å²) in [6.07, 6.45) is 5.36. The molecule has 1 aromatic carbocycles. The van der Waals surface area contributed by atoms with Gasteiger partial charge in [0.25, 0.3) is 0 Å². The third kappa shape index (κ3) is 2.80. The monoisotopic (exact) mass is 269 g/mol. The molecule has 0 saturated heterocycles. The van der Waals surface area contributed by atoms with Crippen LogP contribution in [-0.2, 0) is 4.79 Å². The molecular formula is C16H19N3O. The number of hydrogen-bond donors (Lipinski definition) is 2. The van der Waals surface area contributed by atoms with Crippen molar-refractivity contribution in [3.8, 4) is 0 Å². The van der Waals surface area contributed by atoms with Crippen molar-refractivity contribution in [2.24, 2.45) is 11.7 Å². The zero-order valence-electron chi connectivity index (χ0n) is 11.4. The summed E-state index contributed by atoms with van der Waals surface area (Å²) in [5.41, 5.74) is 7.58. The van der Waals surface area contributed by atoms with E-state index in [4.69, 9.17) is 5.73 Å². The van der Waals surface area contributed by atoms with Crippen LogP contribution >= 0.6 is 0 Å². The zero-order valence-corrected chi connectivity index (χ0v) is 11.4. The summed E-state index contributed by atoms with van der Waals surface area (Å²) in [6, 6.07) is 10.1. The highest BCUT2D eigenvalue weighted by Gasteiger charge is 2.24. The van der Waals surface area contributed by atoms with Gasteiger partial charge in [-0.15, -0.1) is 0 Å². The standard InChI is InChI=1S/C16H19N3O/c17-13-7-5-11(6-8-13)16(20)19-14-9-12-3-1-2-4-15(12)18-10-14/h1-4,9-11,13H,5-8,17H2,(H,19,20). The number of fused-ring (bicyclic) bond motifs is 1. The molecule has 0 unspecified atom stereocenters. The van der Waals surface area contributed by atoms with Crippen molar-refractivity contribution in [3.63, 3.8) is 0 Å². The van der Waals surface area contributed by atoms with E-state index in [1.807, 2.05) is 30.3 Å².